The van der Waals surface area contributed by atoms with Crippen molar-refractivity contribution in [1.29, 1.82) is 0 Å². The van der Waals surface area contributed by atoms with Crippen molar-refractivity contribution < 1.29 is 9.72 Å². The van der Waals surface area contributed by atoms with Crippen LogP contribution < -0.4 is 0 Å². The minimum atomic E-state index is -0.638. The molecule has 0 heterocycles. The summed E-state index contributed by atoms with van der Waals surface area (Å²) in [5.41, 5.74) is 1.76. The lowest BCUT2D eigenvalue weighted by Crippen LogP contribution is -2.08. The minimum Gasteiger partial charge on any atom is -0.267 e. The van der Waals surface area contributed by atoms with Gasteiger partial charge in [-0.3, -0.25) is 14.9 Å². The molecule has 26 heavy (non-hydrogen) atoms. The number of amides is 1. The molecule has 3 aromatic rings. The quantitative estimate of drug-likeness (QED) is 0.374. The number of hydrogen-bond acceptors (Lipinski definition) is 3. The standard InChI is InChI=1S/C20H13ClN2O3/c21-18-12-11-16(23(25)26)13-17(18)20(24)22-19(14-7-3-1-4-8-14)15-9-5-2-6-10-15/h1-13H. The summed E-state index contributed by atoms with van der Waals surface area (Å²) in [5, 5.41) is 11.1. The highest BCUT2D eigenvalue weighted by molar-refractivity contribution is 6.34. The molecule has 0 radical (unpaired) electrons. The molecule has 0 aliphatic carbocycles. The molecule has 0 atom stereocenters. The number of rotatable bonds is 4. The van der Waals surface area contributed by atoms with Gasteiger partial charge in [0.1, 0.15) is 0 Å². The Balaban J connectivity index is 2.10. The van der Waals surface area contributed by atoms with Crippen molar-refractivity contribution >= 4 is 28.9 Å². The first-order chi connectivity index (χ1) is 12.6. The zero-order chi connectivity index (χ0) is 18.5. The second kappa shape index (κ2) is 7.72. The van der Waals surface area contributed by atoms with Crippen molar-refractivity contribution in [3.63, 3.8) is 0 Å². The Labute approximate surface area is 154 Å². The van der Waals surface area contributed by atoms with E-state index in [2.05, 4.69) is 4.99 Å². The van der Waals surface area contributed by atoms with Gasteiger partial charge >= 0.3 is 0 Å². The first-order valence-electron chi connectivity index (χ1n) is 7.74. The molecule has 0 aliphatic rings. The maximum absolute atomic E-state index is 12.7. The highest BCUT2D eigenvalue weighted by Crippen LogP contribution is 2.23. The minimum absolute atomic E-state index is 0.00905. The normalized spacial score (nSPS) is 10.2. The van der Waals surface area contributed by atoms with Crippen LogP contribution in [0.5, 0.6) is 0 Å². The third kappa shape index (κ3) is 3.84. The topological polar surface area (TPSA) is 72.6 Å². The maximum Gasteiger partial charge on any atom is 0.279 e. The number of hydrogen-bond donors (Lipinski definition) is 0. The number of nitro benzene ring substituents is 1. The molecule has 1 amide bonds. The zero-order valence-corrected chi connectivity index (χ0v) is 14.3. The first kappa shape index (κ1) is 17.5. The molecule has 0 spiro atoms. The van der Waals surface area contributed by atoms with Crippen LogP contribution in [0.1, 0.15) is 21.5 Å². The van der Waals surface area contributed by atoms with Gasteiger partial charge in [-0.15, -0.1) is 0 Å². The third-order valence-corrected chi connectivity index (χ3v) is 4.03. The summed E-state index contributed by atoms with van der Waals surface area (Å²) >= 11 is 6.06. The van der Waals surface area contributed by atoms with Crippen LogP contribution >= 0.6 is 11.6 Å². The van der Waals surface area contributed by atoms with E-state index in [1.54, 1.807) is 0 Å². The molecule has 6 heteroatoms. The van der Waals surface area contributed by atoms with E-state index in [0.29, 0.717) is 5.71 Å². The van der Waals surface area contributed by atoms with Gasteiger partial charge in [-0.25, -0.2) is 4.99 Å². The molecule has 3 rings (SSSR count). The summed E-state index contributed by atoms with van der Waals surface area (Å²) in [6, 6.07) is 22.2. The van der Waals surface area contributed by atoms with Gasteiger partial charge < -0.3 is 0 Å². The van der Waals surface area contributed by atoms with Crippen LogP contribution in [0.15, 0.2) is 83.9 Å². The molecule has 0 unspecified atom stereocenters. The second-order valence-corrected chi connectivity index (χ2v) is 5.83. The molecule has 0 bridgehead atoms. The lowest BCUT2D eigenvalue weighted by Gasteiger charge is -2.07. The fourth-order valence-corrected chi connectivity index (χ4v) is 2.64. The Morgan fingerprint density at radius 1 is 0.885 bits per heavy atom. The van der Waals surface area contributed by atoms with E-state index in [-0.39, 0.29) is 16.3 Å². The summed E-state index contributed by atoms with van der Waals surface area (Å²) in [6.07, 6.45) is 0. The summed E-state index contributed by atoms with van der Waals surface area (Å²) in [4.78, 5) is 27.3. The molecule has 128 valence electrons. The third-order valence-electron chi connectivity index (χ3n) is 3.70. The summed E-state index contributed by atoms with van der Waals surface area (Å²) in [6.45, 7) is 0. The van der Waals surface area contributed by atoms with Crippen LogP contribution in [0, 0.1) is 10.1 Å². The Kier molecular flexibility index (Phi) is 5.20. The van der Waals surface area contributed by atoms with Crippen LogP contribution in [0.3, 0.4) is 0 Å². The van der Waals surface area contributed by atoms with Gasteiger partial charge in [0, 0.05) is 23.3 Å². The van der Waals surface area contributed by atoms with Gasteiger partial charge in [0.15, 0.2) is 0 Å². The highest BCUT2D eigenvalue weighted by atomic mass is 35.5. The van der Waals surface area contributed by atoms with E-state index < -0.39 is 10.8 Å². The van der Waals surface area contributed by atoms with Crippen molar-refractivity contribution in [2.45, 2.75) is 0 Å². The lowest BCUT2D eigenvalue weighted by molar-refractivity contribution is -0.384. The number of aliphatic imine (C=N–C) groups is 1. The predicted molar refractivity (Wildman–Crippen MR) is 101 cm³/mol. The molecular weight excluding hydrogens is 352 g/mol. The van der Waals surface area contributed by atoms with Gasteiger partial charge in [0.2, 0.25) is 0 Å². The SMILES string of the molecule is O=C(N=C(c1ccccc1)c1ccccc1)c1cc([N+](=O)[O-])ccc1Cl. The number of nitrogens with zero attached hydrogens (tertiary/aromatic N) is 2. The highest BCUT2D eigenvalue weighted by Gasteiger charge is 2.17. The fraction of sp³-hybridized carbons (Fsp3) is 0. The Morgan fingerprint density at radius 2 is 1.42 bits per heavy atom. The monoisotopic (exact) mass is 364 g/mol. The molecule has 0 saturated carbocycles. The van der Waals surface area contributed by atoms with E-state index in [0.717, 1.165) is 17.2 Å². The molecule has 0 aromatic heterocycles. The van der Waals surface area contributed by atoms with Crippen molar-refractivity contribution in [3.05, 3.63) is 111 Å². The predicted octanol–water partition coefficient (Wildman–Crippen LogP) is 4.93. The van der Waals surface area contributed by atoms with Gasteiger partial charge in [-0.05, 0) is 6.07 Å². The second-order valence-electron chi connectivity index (χ2n) is 5.42. The van der Waals surface area contributed by atoms with E-state index in [9.17, 15) is 14.9 Å². The smallest absolute Gasteiger partial charge is 0.267 e. The molecule has 3 aromatic carbocycles. The van der Waals surface area contributed by atoms with Gasteiger partial charge in [-0.2, -0.15) is 0 Å². The number of halogens is 1. The summed E-state index contributed by atoms with van der Waals surface area (Å²) in [5.74, 6) is -0.638. The van der Waals surface area contributed by atoms with E-state index in [1.165, 1.54) is 12.1 Å². The van der Waals surface area contributed by atoms with Crippen molar-refractivity contribution in [3.8, 4) is 0 Å². The number of benzene rings is 3. The average molecular weight is 365 g/mol. The Hall–Kier alpha value is -3.31. The van der Waals surface area contributed by atoms with Crippen LogP contribution in [-0.2, 0) is 0 Å². The van der Waals surface area contributed by atoms with Crippen molar-refractivity contribution in [2.75, 3.05) is 0 Å². The summed E-state index contributed by atoms with van der Waals surface area (Å²) < 4.78 is 0. The van der Waals surface area contributed by atoms with E-state index in [1.807, 2.05) is 60.7 Å². The van der Waals surface area contributed by atoms with Gasteiger partial charge in [0.05, 0.1) is 21.2 Å². The Bertz CT molecular complexity index is 945. The Morgan fingerprint density at radius 3 is 1.92 bits per heavy atom. The van der Waals surface area contributed by atoms with E-state index in [4.69, 9.17) is 11.6 Å². The van der Waals surface area contributed by atoms with Crippen LogP contribution in [-0.4, -0.2) is 16.5 Å². The molecule has 0 saturated heterocycles. The molecular formula is C20H13ClN2O3. The summed E-state index contributed by atoms with van der Waals surface area (Å²) in [7, 11) is 0. The zero-order valence-electron chi connectivity index (χ0n) is 13.5. The molecule has 5 nitrogen and oxygen atoms in total. The number of nitro groups is 1. The first-order valence-corrected chi connectivity index (χ1v) is 8.12. The fourth-order valence-electron chi connectivity index (χ4n) is 2.44. The van der Waals surface area contributed by atoms with Crippen LogP contribution in [0.2, 0.25) is 5.02 Å². The average Bonchev–Trinajstić information content (AvgIpc) is 2.67. The van der Waals surface area contributed by atoms with Gasteiger partial charge in [0.25, 0.3) is 11.6 Å². The van der Waals surface area contributed by atoms with Crippen LogP contribution in [0.25, 0.3) is 0 Å². The lowest BCUT2D eigenvalue weighted by atomic mass is 10.0. The van der Waals surface area contributed by atoms with Gasteiger partial charge in [-0.1, -0.05) is 72.3 Å². The van der Waals surface area contributed by atoms with Crippen molar-refractivity contribution in [1.82, 2.24) is 0 Å². The van der Waals surface area contributed by atoms with Crippen molar-refractivity contribution in [2.24, 2.45) is 4.99 Å². The number of carbonyl (C=O) groups is 1. The number of carbonyl (C=O) groups excluding carboxylic acids is 1. The molecule has 0 N–H and O–H groups in total. The largest absolute Gasteiger partial charge is 0.279 e. The number of non-ortho nitro benzene ring substituents is 1. The van der Waals surface area contributed by atoms with Crippen LogP contribution in [0.4, 0.5) is 5.69 Å². The maximum atomic E-state index is 12.7. The van der Waals surface area contributed by atoms with E-state index >= 15 is 0 Å². The molecule has 0 aliphatic heterocycles. The molecule has 0 fully saturated rings.